The molecule has 2 amide bonds. The average Bonchev–Trinajstić information content (AvgIpc) is 2.92. The van der Waals surface area contributed by atoms with Crippen LogP contribution in [0, 0.1) is 5.82 Å². The van der Waals surface area contributed by atoms with Gasteiger partial charge in [-0.3, -0.25) is 14.6 Å². The van der Waals surface area contributed by atoms with Crippen molar-refractivity contribution in [3.05, 3.63) is 59.4 Å². The molecule has 1 atom stereocenters. The minimum atomic E-state index is -0.577. The monoisotopic (exact) mass is 405 g/mol. The van der Waals surface area contributed by atoms with Gasteiger partial charge in [-0.25, -0.2) is 9.29 Å². The Kier molecular flexibility index (Phi) is 6.13. The maximum Gasteiger partial charge on any atom is 0.247 e. The van der Waals surface area contributed by atoms with Crippen LogP contribution in [0.2, 0.25) is 5.02 Å². The molecule has 0 aromatic heterocycles. The third kappa shape index (κ3) is 4.67. The molecule has 3 rings (SSSR count). The molecule has 27 heavy (non-hydrogen) atoms. The van der Waals surface area contributed by atoms with Gasteiger partial charge in [-0.2, -0.15) is 0 Å². The van der Waals surface area contributed by atoms with Crippen molar-refractivity contribution < 1.29 is 14.0 Å². The van der Waals surface area contributed by atoms with Crippen molar-refractivity contribution in [3.63, 3.8) is 0 Å². The number of halogens is 2. The number of thioether (sulfide) groups is 1. The van der Waals surface area contributed by atoms with Crippen molar-refractivity contribution in [1.82, 2.24) is 0 Å². The molecule has 1 aliphatic heterocycles. The average molecular weight is 406 g/mol. The predicted octanol–water partition coefficient (Wildman–Crippen LogP) is 4.33. The number of carbonyl (C=O) groups excluding carboxylic acids is 2. The van der Waals surface area contributed by atoms with Gasteiger partial charge in [0.2, 0.25) is 11.8 Å². The number of hydrogen-bond acceptors (Lipinski definition) is 4. The predicted molar refractivity (Wildman–Crippen MR) is 108 cm³/mol. The lowest BCUT2D eigenvalue weighted by atomic mass is 10.3. The minimum Gasteiger partial charge on any atom is -0.335 e. The lowest BCUT2D eigenvalue weighted by molar-refractivity contribution is -0.121. The summed E-state index contributed by atoms with van der Waals surface area (Å²) in [4.78, 5) is 30.7. The number of nitrogens with one attached hydrogen (secondary N) is 1. The van der Waals surface area contributed by atoms with Crippen LogP contribution in [0.4, 0.5) is 15.8 Å². The van der Waals surface area contributed by atoms with E-state index < -0.39 is 5.25 Å². The second kappa shape index (κ2) is 8.54. The number of anilines is 2. The molecule has 2 aromatic carbocycles. The van der Waals surface area contributed by atoms with Crippen LogP contribution in [0.5, 0.6) is 0 Å². The molecule has 1 aliphatic rings. The number of nitrogens with zero attached hydrogens (tertiary/aromatic N) is 2. The van der Waals surface area contributed by atoms with Gasteiger partial charge in [0.1, 0.15) is 11.1 Å². The Morgan fingerprint density at radius 1 is 1.22 bits per heavy atom. The fourth-order valence-electron chi connectivity index (χ4n) is 2.60. The summed E-state index contributed by atoms with van der Waals surface area (Å²) < 4.78 is 13.1. The van der Waals surface area contributed by atoms with E-state index in [0.717, 1.165) is 0 Å². The van der Waals surface area contributed by atoms with Gasteiger partial charge in [0.25, 0.3) is 0 Å². The number of benzene rings is 2. The van der Waals surface area contributed by atoms with Gasteiger partial charge in [-0.05, 0) is 55.5 Å². The normalized spacial score (nSPS) is 17.5. The van der Waals surface area contributed by atoms with Gasteiger partial charge < -0.3 is 5.32 Å². The Bertz CT molecular complexity index is 872. The molecule has 1 fully saturated rings. The zero-order valence-electron chi connectivity index (χ0n) is 14.5. The Labute approximate surface area is 165 Å². The van der Waals surface area contributed by atoms with E-state index in [9.17, 15) is 14.0 Å². The lowest BCUT2D eigenvalue weighted by Gasteiger charge is -2.16. The van der Waals surface area contributed by atoms with Crippen molar-refractivity contribution in [2.45, 2.75) is 18.6 Å². The minimum absolute atomic E-state index is 0.0833. The fraction of sp³-hybridized carbons (Fsp3) is 0.211. The van der Waals surface area contributed by atoms with Gasteiger partial charge in [-0.1, -0.05) is 23.4 Å². The molecule has 1 unspecified atom stereocenters. The van der Waals surface area contributed by atoms with Crippen molar-refractivity contribution in [2.24, 2.45) is 4.99 Å². The molecule has 8 heteroatoms. The summed E-state index contributed by atoms with van der Waals surface area (Å²) in [7, 11) is 0. The first-order chi connectivity index (χ1) is 13.0. The summed E-state index contributed by atoms with van der Waals surface area (Å²) in [5.74, 6) is -0.896. The van der Waals surface area contributed by atoms with Crippen LogP contribution in [-0.2, 0) is 9.59 Å². The molecule has 2 aromatic rings. The molecule has 0 radical (unpaired) electrons. The maximum atomic E-state index is 13.1. The summed E-state index contributed by atoms with van der Waals surface area (Å²) in [5.41, 5.74) is 1.15. The molecule has 0 spiro atoms. The zero-order chi connectivity index (χ0) is 19.4. The third-order valence-electron chi connectivity index (χ3n) is 3.84. The van der Waals surface area contributed by atoms with E-state index in [1.807, 2.05) is 6.92 Å². The second-order valence-electron chi connectivity index (χ2n) is 5.77. The Hall–Kier alpha value is -2.38. The number of imide groups is 1. The van der Waals surface area contributed by atoms with Crippen molar-refractivity contribution in [2.75, 3.05) is 16.8 Å². The SMILES string of the molecule is CCN=C(Nc1ccc(F)cc1)SC1CC(=O)N(c2ccc(Cl)cc2)C1=O. The van der Waals surface area contributed by atoms with Crippen LogP contribution in [0.15, 0.2) is 53.5 Å². The number of carbonyl (C=O) groups is 2. The summed E-state index contributed by atoms with van der Waals surface area (Å²) >= 11 is 7.07. The Balaban J connectivity index is 1.74. The molecule has 5 nitrogen and oxygen atoms in total. The summed E-state index contributed by atoms with van der Waals surface area (Å²) in [6.07, 6.45) is 0.0833. The first-order valence-corrected chi connectivity index (χ1v) is 9.59. The number of amidine groups is 1. The summed E-state index contributed by atoms with van der Waals surface area (Å²) in [6.45, 7) is 2.38. The molecule has 1 saturated heterocycles. The van der Waals surface area contributed by atoms with E-state index in [2.05, 4.69) is 10.3 Å². The van der Waals surface area contributed by atoms with Crippen LogP contribution < -0.4 is 10.2 Å². The number of rotatable bonds is 4. The van der Waals surface area contributed by atoms with Crippen LogP contribution in [0.3, 0.4) is 0 Å². The van der Waals surface area contributed by atoms with Gasteiger partial charge >= 0.3 is 0 Å². The smallest absolute Gasteiger partial charge is 0.247 e. The first kappa shape index (κ1) is 19.4. The summed E-state index contributed by atoms with van der Waals surface area (Å²) in [6, 6.07) is 12.4. The quantitative estimate of drug-likeness (QED) is 0.467. The maximum absolute atomic E-state index is 13.1. The van der Waals surface area contributed by atoms with Gasteiger partial charge in [0.15, 0.2) is 5.17 Å². The van der Waals surface area contributed by atoms with E-state index in [0.29, 0.717) is 28.1 Å². The molecule has 0 saturated carbocycles. The van der Waals surface area contributed by atoms with E-state index in [-0.39, 0.29) is 24.1 Å². The molecule has 140 valence electrons. The highest BCUT2D eigenvalue weighted by Crippen LogP contribution is 2.31. The number of aliphatic imine (C=N–C) groups is 1. The highest BCUT2D eigenvalue weighted by molar-refractivity contribution is 8.15. The topological polar surface area (TPSA) is 61.8 Å². The molecular formula is C19H17ClFN3O2S. The standard InChI is InChI=1S/C19H17ClFN3O2S/c1-2-22-19(23-14-7-5-13(21)6-8-14)27-16-11-17(25)24(18(16)26)15-9-3-12(20)4-10-15/h3-10,16H,2,11H2,1H3,(H,22,23). The largest absolute Gasteiger partial charge is 0.335 e. The number of amides is 2. The van der Waals surface area contributed by atoms with Crippen LogP contribution in [-0.4, -0.2) is 28.8 Å². The zero-order valence-corrected chi connectivity index (χ0v) is 16.1. The van der Waals surface area contributed by atoms with Gasteiger partial charge in [-0.15, -0.1) is 0 Å². The first-order valence-electron chi connectivity index (χ1n) is 8.34. The third-order valence-corrected chi connectivity index (χ3v) is 5.20. The highest BCUT2D eigenvalue weighted by Gasteiger charge is 2.40. The second-order valence-corrected chi connectivity index (χ2v) is 7.39. The van der Waals surface area contributed by atoms with Crippen LogP contribution in [0.25, 0.3) is 0 Å². The highest BCUT2D eigenvalue weighted by atomic mass is 35.5. The van der Waals surface area contributed by atoms with Crippen LogP contribution in [0.1, 0.15) is 13.3 Å². The molecule has 0 aliphatic carbocycles. The van der Waals surface area contributed by atoms with E-state index in [1.54, 1.807) is 36.4 Å². The fourth-order valence-corrected chi connectivity index (χ4v) is 3.81. The molecular weight excluding hydrogens is 389 g/mol. The molecule has 0 bridgehead atoms. The van der Waals surface area contributed by atoms with Crippen molar-refractivity contribution >= 4 is 51.7 Å². The molecule has 1 heterocycles. The van der Waals surface area contributed by atoms with Crippen LogP contribution >= 0.6 is 23.4 Å². The van der Waals surface area contributed by atoms with Crippen molar-refractivity contribution in [1.29, 1.82) is 0 Å². The Morgan fingerprint density at radius 3 is 2.52 bits per heavy atom. The summed E-state index contributed by atoms with van der Waals surface area (Å²) in [5, 5.41) is 3.54. The van der Waals surface area contributed by atoms with Gasteiger partial charge in [0.05, 0.1) is 5.69 Å². The Morgan fingerprint density at radius 2 is 1.89 bits per heavy atom. The van der Waals surface area contributed by atoms with E-state index in [4.69, 9.17) is 11.6 Å². The van der Waals surface area contributed by atoms with Crippen molar-refractivity contribution in [3.8, 4) is 0 Å². The molecule has 1 N–H and O–H groups in total. The van der Waals surface area contributed by atoms with E-state index >= 15 is 0 Å². The number of hydrogen-bond donors (Lipinski definition) is 1. The van der Waals surface area contributed by atoms with Gasteiger partial charge in [0, 0.05) is 23.7 Å². The van der Waals surface area contributed by atoms with E-state index in [1.165, 1.54) is 28.8 Å². The lowest BCUT2D eigenvalue weighted by Crippen LogP contribution is -2.31.